The van der Waals surface area contributed by atoms with Crippen molar-refractivity contribution in [1.29, 1.82) is 0 Å². The van der Waals surface area contributed by atoms with E-state index in [0.29, 0.717) is 12.0 Å². The Morgan fingerprint density at radius 1 is 1.29 bits per heavy atom. The van der Waals surface area contributed by atoms with E-state index in [4.69, 9.17) is 4.74 Å². The van der Waals surface area contributed by atoms with E-state index in [-0.39, 0.29) is 0 Å². The van der Waals surface area contributed by atoms with Crippen molar-refractivity contribution in [1.82, 2.24) is 10.2 Å². The molecule has 118 valence electrons. The Labute approximate surface area is 129 Å². The van der Waals surface area contributed by atoms with Crippen molar-refractivity contribution >= 4 is 0 Å². The Morgan fingerprint density at radius 3 is 2.86 bits per heavy atom. The molecule has 0 saturated carbocycles. The lowest BCUT2D eigenvalue weighted by Crippen LogP contribution is -2.32. The van der Waals surface area contributed by atoms with Gasteiger partial charge in [-0.25, -0.2) is 0 Å². The number of benzene rings is 1. The fourth-order valence-electron chi connectivity index (χ4n) is 2.81. The standard InChI is InChI=1S/C18H30N2O/c1-16(2)15-21-13-7-12-20-11-6-10-19-18(14-20)17-8-4-3-5-9-17/h3-5,8-9,16,18-19H,6-7,10-15H2,1-2H3. The van der Waals surface area contributed by atoms with Gasteiger partial charge in [0.1, 0.15) is 0 Å². The molecule has 0 radical (unpaired) electrons. The van der Waals surface area contributed by atoms with E-state index in [9.17, 15) is 0 Å². The van der Waals surface area contributed by atoms with Gasteiger partial charge in [0.15, 0.2) is 0 Å². The first kappa shape index (κ1) is 16.5. The molecule has 0 amide bonds. The van der Waals surface area contributed by atoms with Gasteiger partial charge in [0.05, 0.1) is 0 Å². The van der Waals surface area contributed by atoms with Crippen LogP contribution in [0.1, 0.15) is 38.3 Å². The van der Waals surface area contributed by atoms with Gasteiger partial charge >= 0.3 is 0 Å². The van der Waals surface area contributed by atoms with Crippen LogP contribution < -0.4 is 5.32 Å². The maximum atomic E-state index is 5.69. The van der Waals surface area contributed by atoms with Crippen LogP contribution in [-0.2, 0) is 4.74 Å². The molecule has 21 heavy (non-hydrogen) atoms. The monoisotopic (exact) mass is 290 g/mol. The second-order valence-corrected chi connectivity index (χ2v) is 6.39. The average molecular weight is 290 g/mol. The Kier molecular flexibility index (Phi) is 7.20. The fourth-order valence-corrected chi connectivity index (χ4v) is 2.81. The van der Waals surface area contributed by atoms with E-state index in [1.807, 2.05) is 0 Å². The molecule has 1 aliphatic heterocycles. The van der Waals surface area contributed by atoms with Crippen LogP contribution in [0.15, 0.2) is 30.3 Å². The lowest BCUT2D eigenvalue weighted by Gasteiger charge is -2.24. The minimum Gasteiger partial charge on any atom is -0.381 e. The Morgan fingerprint density at radius 2 is 2.10 bits per heavy atom. The van der Waals surface area contributed by atoms with Crippen molar-refractivity contribution in [2.24, 2.45) is 5.92 Å². The van der Waals surface area contributed by atoms with E-state index < -0.39 is 0 Å². The zero-order valence-electron chi connectivity index (χ0n) is 13.6. The summed E-state index contributed by atoms with van der Waals surface area (Å²) < 4.78 is 5.69. The summed E-state index contributed by atoms with van der Waals surface area (Å²) in [6, 6.07) is 11.3. The number of nitrogens with zero attached hydrogens (tertiary/aromatic N) is 1. The highest BCUT2D eigenvalue weighted by Gasteiger charge is 2.18. The summed E-state index contributed by atoms with van der Waals surface area (Å²) in [6.07, 6.45) is 2.37. The number of nitrogens with one attached hydrogen (secondary N) is 1. The van der Waals surface area contributed by atoms with E-state index in [1.165, 1.54) is 18.5 Å². The summed E-state index contributed by atoms with van der Waals surface area (Å²) in [5.41, 5.74) is 1.40. The van der Waals surface area contributed by atoms with Gasteiger partial charge in [-0.05, 0) is 37.4 Å². The van der Waals surface area contributed by atoms with Gasteiger partial charge in [-0.3, -0.25) is 0 Å². The molecule has 1 aliphatic rings. The largest absolute Gasteiger partial charge is 0.381 e. The first-order valence-electron chi connectivity index (χ1n) is 8.34. The molecule has 1 aromatic carbocycles. The lowest BCUT2D eigenvalue weighted by atomic mass is 10.1. The first-order valence-corrected chi connectivity index (χ1v) is 8.34. The Hall–Kier alpha value is -0.900. The normalized spacial score (nSPS) is 20.6. The van der Waals surface area contributed by atoms with Gasteiger partial charge in [-0.1, -0.05) is 44.2 Å². The number of ether oxygens (including phenoxy) is 1. The van der Waals surface area contributed by atoms with Gasteiger partial charge in [0.25, 0.3) is 0 Å². The maximum Gasteiger partial charge on any atom is 0.0489 e. The van der Waals surface area contributed by atoms with E-state index in [2.05, 4.69) is 54.4 Å². The smallest absolute Gasteiger partial charge is 0.0489 e. The summed E-state index contributed by atoms with van der Waals surface area (Å²) in [5, 5.41) is 3.67. The van der Waals surface area contributed by atoms with Crippen LogP contribution in [0, 0.1) is 5.92 Å². The predicted molar refractivity (Wildman–Crippen MR) is 88.5 cm³/mol. The van der Waals surface area contributed by atoms with Crippen LogP contribution >= 0.6 is 0 Å². The van der Waals surface area contributed by atoms with Crippen LogP contribution in [0.4, 0.5) is 0 Å². The molecule has 1 heterocycles. The molecule has 0 aliphatic carbocycles. The van der Waals surface area contributed by atoms with Crippen molar-refractivity contribution in [3.05, 3.63) is 35.9 Å². The van der Waals surface area contributed by atoms with Gasteiger partial charge in [-0.2, -0.15) is 0 Å². The van der Waals surface area contributed by atoms with Crippen molar-refractivity contribution in [3.63, 3.8) is 0 Å². The minimum absolute atomic E-state index is 0.463. The summed E-state index contributed by atoms with van der Waals surface area (Å²) in [6.45, 7) is 10.7. The van der Waals surface area contributed by atoms with Crippen LogP contribution in [0.25, 0.3) is 0 Å². The number of hydrogen-bond donors (Lipinski definition) is 1. The molecule has 0 aromatic heterocycles. The maximum absolute atomic E-state index is 5.69. The molecule has 1 fully saturated rings. The Balaban J connectivity index is 1.75. The van der Waals surface area contributed by atoms with E-state index in [0.717, 1.165) is 39.3 Å². The van der Waals surface area contributed by atoms with Crippen LogP contribution in [0.3, 0.4) is 0 Å². The third-order valence-corrected chi connectivity index (χ3v) is 3.90. The quantitative estimate of drug-likeness (QED) is 0.781. The summed E-state index contributed by atoms with van der Waals surface area (Å²) in [4.78, 5) is 2.58. The fraction of sp³-hybridized carbons (Fsp3) is 0.667. The van der Waals surface area contributed by atoms with Crippen molar-refractivity contribution in [2.45, 2.75) is 32.7 Å². The molecule has 1 saturated heterocycles. The van der Waals surface area contributed by atoms with Crippen molar-refractivity contribution < 1.29 is 4.74 Å². The van der Waals surface area contributed by atoms with Gasteiger partial charge in [0, 0.05) is 32.3 Å². The highest BCUT2D eigenvalue weighted by molar-refractivity contribution is 5.19. The van der Waals surface area contributed by atoms with E-state index >= 15 is 0 Å². The van der Waals surface area contributed by atoms with Gasteiger partial charge < -0.3 is 15.0 Å². The molecule has 0 spiro atoms. The number of rotatable bonds is 7. The van der Waals surface area contributed by atoms with Gasteiger partial charge in [-0.15, -0.1) is 0 Å². The summed E-state index contributed by atoms with van der Waals surface area (Å²) in [7, 11) is 0. The molecule has 0 bridgehead atoms. The average Bonchev–Trinajstić information content (AvgIpc) is 2.73. The van der Waals surface area contributed by atoms with Crippen LogP contribution in [0.2, 0.25) is 0 Å². The molecule has 3 nitrogen and oxygen atoms in total. The second-order valence-electron chi connectivity index (χ2n) is 6.39. The van der Waals surface area contributed by atoms with Crippen LogP contribution in [-0.4, -0.2) is 44.3 Å². The molecule has 2 rings (SSSR count). The Bertz CT molecular complexity index is 380. The molecule has 3 heteroatoms. The molecular formula is C18H30N2O. The topological polar surface area (TPSA) is 24.5 Å². The first-order chi connectivity index (χ1) is 10.3. The van der Waals surface area contributed by atoms with Crippen LogP contribution in [0.5, 0.6) is 0 Å². The third kappa shape index (κ3) is 6.16. The molecular weight excluding hydrogens is 260 g/mol. The highest BCUT2D eigenvalue weighted by Crippen LogP contribution is 2.16. The second kappa shape index (κ2) is 9.19. The predicted octanol–water partition coefficient (Wildman–Crippen LogP) is 3.09. The molecule has 1 unspecified atom stereocenters. The molecule has 1 aromatic rings. The minimum atomic E-state index is 0.463. The van der Waals surface area contributed by atoms with Gasteiger partial charge in [0.2, 0.25) is 0 Å². The van der Waals surface area contributed by atoms with Crippen molar-refractivity contribution in [2.75, 3.05) is 39.4 Å². The summed E-state index contributed by atoms with van der Waals surface area (Å²) >= 11 is 0. The number of hydrogen-bond acceptors (Lipinski definition) is 3. The summed E-state index contributed by atoms with van der Waals surface area (Å²) in [5.74, 6) is 0.634. The zero-order valence-corrected chi connectivity index (χ0v) is 13.6. The third-order valence-electron chi connectivity index (χ3n) is 3.90. The molecule has 1 N–H and O–H groups in total. The highest BCUT2D eigenvalue weighted by atomic mass is 16.5. The molecule has 1 atom stereocenters. The lowest BCUT2D eigenvalue weighted by molar-refractivity contribution is 0.0990. The van der Waals surface area contributed by atoms with E-state index in [1.54, 1.807) is 0 Å². The SMILES string of the molecule is CC(C)COCCCN1CCCNC(c2ccccc2)C1. The van der Waals surface area contributed by atoms with Crippen molar-refractivity contribution in [3.8, 4) is 0 Å². The zero-order chi connectivity index (χ0) is 14.9.